The Kier molecular flexibility index (Phi) is 4.93. The normalized spacial score (nSPS) is 20.5. The third kappa shape index (κ3) is 3.71. The minimum Gasteiger partial charge on any atom is -0.497 e. The molecular formula is C19H21NO3. The zero-order valence-electron chi connectivity index (χ0n) is 13.4. The van der Waals surface area contributed by atoms with Crippen molar-refractivity contribution in [2.24, 2.45) is 0 Å². The second-order valence-electron chi connectivity index (χ2n) is 5.36. The molecule has 2 heterocycles. The number of hydrogen-bond acceptors (Lipinski definition) is 4. The molecule has 2 atom stereocenters. The molecule has 0 radical (unpaired) electrons. The fourth-order valence-corrected chi connectivity index (χ4v) is 2.71. The topological polar surface area (TPSA) is 40.6 Å². The second kappa shape index (κ2) is 7.29. The molecule has 23 heavy (non-hydrogen) atoms. The van der Waals surface area contributed by atoms with E-state index in [0.717, 1.165) is 23.6 Å². The number of allylic oxidation sites excluding steroid dienone is 1. The number of rotatable bonds is 5. The molecule has 1 aromatic heterocycles. The van der Waals surface area contributed by atoms with Gasteiger partial charge < -0.3 is 14.2 Å². The first-order valence-corrected chi connectivity index (χ1v) is 7.85. The molecule has 1 aliphatic heterocycles. The van der Waals surface area contributed by atoms with Crippen molar-refractivity contribution in [1.29, 1.82) is 0 Å². The number of nitrogens with zero attached hydrogens (tertiary/aromatic N) is 1. The van der Waals surface area contributed by atoms with Crippen LogP contribution in [0.4, 0.5) is 0 Å². The molecule has 4 nitrogen and oxygen atoms in total. The Balaban J connectivity index is 1.90. The number of ether oxygens (including phenoxy) is 3. The van der Waals surface area contributed by atoms with E-state index in [1.807, 2.05) is 37.3 Å². The SMILES string of the molecule is CCOC1CC(c2ccc(OC)cc2)C=C(c2ccccn2)O1. The van der Waals surface area contributed by atoms with Crippen LogP contribution >= 0.6 is 0 Å². The highest BCUT2D eigenvalue weighted by Gasteiger charge is 2.26. The summed E-state index contributed by atoms with van der Waals surface area (Å²) >= 11 is 0. The third-order valence-electron chi connectivity index (χ3n) is 3.87. The van der Waals surface area contributed by atoms with Crippen LogP contribution in [0, 0.1) is 0 Å². The Morgan fingerprint density at radius 2 is 2.00 bits per heavy atom. The van der Waals surface area contributed by atoms with E-state index in [0.29, 0.717) is 6.61 Å². The maximum atomic E-state index is 5.96. The largest absolute Gasteiger partial charge is 0.497 e. The highest BCUT2D eigenvalue weighted by molar-refractivity contribution is 5.58. The second-order valence-corrected chi connectivity index (χ2v) is 5.36. The van der Waals surface area contributed by atoms with Gasteiger partial charge in [0.2, 0.25) is 6.29 Å². The molecule has 0 fully saturated rings. The van der Waals surface area contributed by atoms with Gasteiger partial charge in [0.1, 0.15) is 17.2 Å². The lowest BCUT2D eigenvalue weighted by Crippen LogP contribution is -2.24. The highest BCUT2D eigenvalue weighted by Crippen LogP contribution is 2.35. The van der Waals surface area contributed by atoms with Crippen molar-refractivity contribution in [3.05, 3.63) is 66.0 Å². The average Bonchev–Trinajstić information content (AvgIpc) is 2.62. The van der Waals surface area contributed by atoms with Gasteiger partial charge in [0.25, 0.3) is 0 Å². The van der Waals surface area contributed by atoms with Crippen LogP contribution in [0.25, 0.3) is 5.76 Å². The fourth-order valence-electron chi connectivity index (χ4n) is 2.71. The van der Waals surface area contributed by atoms with E-state index in [1.165, 1.54) is 5.56 Å². The molecule has 0 N–H and O–H groups in total. The Morgan fingerprint density at radius 1 is 1.17 bits per heavy atom. The molecule has 2 aromatic rings. The summed E-state index contributed by atoms with van der Waals surface area (Å²) in [6.45, 7) is 2.60. The van der Waals surface area contributed by atoms with E-state index in [4.69, 9.17) is 14.2 Å². The molecule has 4 heteroatoms. The van der Waals surface area contributed by atoms with Crippen LogP contribution in [-0.2, 0) is 9.47 Å². The molecule has 0 amide bonds. The molecule has 0 spiro atoms. The number of hydrogen-bond donors (Lipinski definition) is 0. The van der Waals surface area contributed by atoms with Crippen LogP contribution in [0.5, 0.6) is 5.75 Å². The lowest BCUT2D eigenvalue weighted by molar-refractivity contribution is -0.104. The number of methoxy groups -OCH3 is 1. The monoisotopic (exact) mass is 311 g/mol. The van der Waals surface area contributed by atoms with Crippen LogP contribution in [0.1, 0.15) is 30.5 Å². The smallest absolute Gasteiger partial charge is 0.200 e. The van der Waals surface area contributed by atoms with Gasteiger partial charge in [-0.3, -0.25) is 4.98 Å². The van der Waals surface area contributed by atoms with Gasteiger partial charge in [-0.15, -0.1) is 0 Å². The zero-order chi connectivity index (χ0) is 16.1. The summed E-state index contributed by atoms with van der Waals surface area (Å²) in [5.41, 5.74) is 2.04. The molecular weight excluding hydrogens is 290 g/mol. The minimum atomic E-state index is -0.255. The molecule has 1 aliphatic rings. The Labute approximate surface area is 136 Å². The van der Waals surface area contributed by atoms with Crippen LogP contribution in [-0.4, -0.2) is 25.0 Å². The van der Waals surface area contributed by atoms with Crippen LogP contribution in [0.15, 0.2) is 54.7 Å². The van der Waals surface area contributed by atoms with E-state index >= 15 is 0 Å². The molecule has 120 valence electrons. The minimum absolute atomic E-state index is 0.225. The molecule has 0 aliphatic carbocycles. The summed E-state index contributed by atoms with van der Waals surface area (Å²) in [5, 5.41) is 0. The number of benzene rings is 1. The lowest BCUT2D eigenvalue weighted by atomic mass is 9.92. The number of pyridine rings is 1. The van der Waals surface area contributed by atoms with E-state index in [1.54, 1.807) is 13.3 Å². The zero-order valence-corrected chi connectivity index (χ0v) is 13.4. The van der Waals surface area contributed by atoms with Crippen LogP contribution < -0.4 is 4.74 Å². The van der Waals surface area contributed by atoms with Crippen molar-refractivity contribution >= 4 is 5.76 Å². The van der Waals surface area contributed by atoms with Crippen LogP contribution in [0.3, 0.4) is 0 Å². The first kappa shape index (κ1) is 15.6. The van der Waals surface area contributed by atoms with Gasteiger partial charge in [0, 0.05) is 25.1 Å². The maximum absolute atomic E-state index is 5.96. The summed E-state index contributed by atoms with van der Waals surface area (Å²) in [6.07, 6.45) is 4.43. The lowest BCUT2D eigenvalue weighted by Gasteiger charge is -2.29. The quantitative estimate of drug-likeness (QED) is 0.837. The molecule has 0 saturated heterocycles. The van der Waals surface area contributed by atoms with Crippen molar-refractivity contribution in [2.75, 3.05) is 13.7 Å². The predicted molar refractivity (Wildman–Crippen MR) is 89.1 cm³/mol. The summed E-state index contributed by atoms with van der Waals surface area (Å²) in [5.74, 6) is 1.86. The van der Waals surface area contributed by atoms with Gasteiger partial charge >= 0.3 is 0 Å². The summed E-state index contributed by atoms with van der Waals surface area (Å²) in [6, 6.07) is 13.9. The molecule has 0 bridgehead atoms. The summed E-state index contributed by atoms with van der Waals surface area (Å²) in [4.78, 5) is 4.38. The Morgan fingerprint density at radius 3 is 2.65 bits per heavy atom. The Hall–Kier alpha value is -2.33. The van der Waals surface area contributed by atoms with E-state index < -0.39 is 0 Å². The van der Waals surface area contributed by atoms with Gasteiger partial charge in [-0.05, 0) is 42.8 Å². The van der Waals surface area contributed by atoms with Gasteiger partial charge in [0.05, 0.1) is 7.11 Å². The Bertz CT molecular complexity index is 652. The van der Waals surface area contributed by atoms with Crippen molar-refractivity contribution in [3.63, 3.8) is 0 Å². The van der Waals surface area contributed by atoms with Gasteiger partial charge in [-0.1, -0.05) is 18.2 Å². The number of aromatic nitrogens is 1. The first-order chi connectivity index (χ1) is 11.3. The average molecular weight is 311 g/mol. The molecule has 2 unspecified atom stereocenters. The highest BCUT2D eigenvalue weighted by atomic mass is 16.7. The summed E-state index contributed by atoms with van der Waals surface area (Å²) < 4.78 is 16.9. The van der Waals surface area contributed by atoms with Crippen molar-refractivity contribution in [1.82, 2.24) is 4.98 Å². The molecule has 3 rings (SSSR count). The van der Waals surface area contributed by atoms with E-state index in [2.05, 4.69) is 23.2 Å². The van der Waals surface area contributed by atoms with Crippen molar-refractivity contribution in [2.45, 2.75) is 25.6 Å². The first-order valence-electron chi connectivity index (χ1n) is 7.85. The van der Waals surface area contributed by atoms with Crippen molar-refractivity contribution in [3.8, 4) is 5.75 Å². The van der Waals surface area contributed by atoms with E-state index in [-0.39, 0.29) is 12.2 Å². The van der Waals surface area contributed by atoms with Gasteiger partial charge in [-0.2, -0.15) is 0 Å². The van der Waals surface area contributed by atoms with Crippen LogP contribution in [0.2, 0.25) is 0 Å². The molecule has 1 aromatic carbocycles. The summed E-state index contributed by atoms with van der Waals surface area (Å²) in [7, 11) is 1.67. The van der Waals surface area contributed by atoms with Gasteiger partial charge in [0.15, 0.2) is 0 Å². The van der Waals surface area contributed by atoms with Crippen molar-refractivity contribution < 1.29 is 14.2 Å². The van der Waals surface area contributed by atoms with E-state index in [9.17, 15) is 0 Å². The predicted octanol–water partition coefficient (Wildman–Crippen LogP) is 4.00. The fraction of sp³-hybridized carbons (Fsp3) is 0.316. The standard InChI is InChI=1S/C19H21NO3/c1-3-22-19-13-15(14-7-9-16(21-2)10-8-14)12-18(23-19)17-6-4-5-11-20-17/h4-12,15,19H,3,13H2,1-2H3. The molecule has 0 saturated carbocycles. The van der Waals surface area contributed by atoms with Gasteiger partial charge in [-0.25, -0.2) is 0 Å². The third-order valence-corrected chi connectivity index (χ3v) is 3.87. The maximum Gasteiger partial charge on any atom is 0.200 e.